The van der Waals surface area contributed by atoms with Crippen molar-refractivity contribution in [1.82, 2.24) is 14.5 Å². The van der Waals surface area contributed by atoms with Crippen LogP contribution in [-0.2, 0) is 21.0 Å². The highest BCUT2D eigenvalue weighted by molar-refractivity contribution is 7.99. The number of nitrogens with zero attached hydrogens (tertiary/aromatic N) is 3. The second-order valence-electron chi connectivity index (χ2n) is 16.9. The first-order valence-corrected chi connectivity index (χ1v) is 25.3. The summed E-state index contributed by atoms with van der Waals surface area (Å²) in [5.41, 5.74) is 2.10. The van der Waals surface area contributed by atoms with Gasteiger partial charge in [0.05, 0.1) is 22.7 Å². The van der Waals surface area contributed by atoms with E-state index in [-0.39, 0.29) is 30.2 Å². The Bertz CT molecular complexity index is 2530. The lowest BCUT2D eigenvalue weighted by atomic mass is 9.84. The second kappa shape index (κ2) is 25.1. The molecule has 0 bridgehead atoms. The maximum Gasteiger partial charge on any atom is 0.418 e. The molecule has 0 radical (unpaired) electrons. The minimum atomic E-state index is -4.93. The van der Waals surface area contributed by atoms with E-state index in [4.69, 9.17) is 21.5 Å². The Morgan fingerprint density at radius 2 is 1.46 bits per heavy atom. The van der Waals surface area contributed by atoms with E-state index in [1.54, 1.807) is 12.1 Å². The molecular formula is C50H56ClF4N5O7S2. The minimum absolute atomic E-state index is 0.00300. The molecule has 2 aliphatic rings. The molecule has 0 spiro atoms. The maximum absolute atomic E-state index is 14.7. The van der Waals surface area contributed by atoms with Crippen LogP contribution in [0.25, 0.3) is 11.1 Å². The molecule has 2 saturated heterocycles. The Hall–Kier alpha value is -5.21. The van der Waals surface area contributed by atoms with Crippen molar-refractivity contribution in [3.05, 3.63) is 143 Å². The lowest BCUT2D eigenvalue weighted by Gasteiger charge is -2.36. The number of halogens is 5. The van der Waals surface area contributed by atoms with Gasteiger partial charge in [-0.1, -0.05) is 66.2 Å². The van der Waals surface area contributed by atoms with Gasteiger partial charge in [0.25, 0.3) is 22.4 Å². The molecule has 5 aromatic carbocycles. The smallest absolute Gasteiger partial charge is 0.418 e. The van der Waals surface area contributed by atoms with Crippen LogP contribution in [0.1, 0.15) is 46.9 Å². The quantitative estimate of drug-likeness (QED) is 0.0323. The van der Waals surface area contributed by atoms with Crippen LogP contribution >= 0.6 is 23.4 Å². The zero-order valence-corrected chi connectivity index (χ0v) is 40.0. The molecule has 2 aliphatic heterocycles. The van der Waals surface area contributed by atoms with Crippen molar-refractivity contribution in [2.45, 2.75) is 53.5 Å². The molecule has 12 nitrogen and oxygen atoms in total. The number of carbonyl (C=O) groups is 2. The first-order chi connectivity index (χ1) is 33.1. The number of aliphatic hydroxyl groups excluding tert-OH is 2. The van der Waals surface area contributed by atoms with Crippen LogP contribution in [0.4, 0.5) is 28.9 Å². The minimum Gasteiger partial charge on any atom is -0.483 e. The highest BCUT2D eigenvalue weighted by Crippen LogP contribution is 2.39. The number of hydrogen-bond donors (Lipinski definition) is 5. The molecule has 69 heavy (non-hydrogen) atoms. The number of sulfonamides is 1. The van der Waals surface area contributed by atoms with Crippen molar-refractivity contribution < 1.29 is 50.9 Å². The fraction of sp³-hybridized carbons (Fsp3) is 0.360. The third-order valence-corrected chi connectivity index (χ3v) is 15.0. The summed E-state index contributed by atoms with van der Waals surface area (Å²) in [4.78, 5) is 28.2. The van der Waals surface area contributed by atoms with Gasteiger partial charge in [-0.2, -0.15) is 13.2 Å². The number of rotatable bonds is 18. The number of amides is 1. The molecule has 5 aromatic rings. The van der Waals surface area contributed by atoms with Gasteiger partial charge in [-0.3, -0.25) is 14.5 Å². The molecule has 2 heterocycles. The summed E-state index contributed by atoms with van der Waals surface area (Å²) in [5, 5.41) is 31.8. The molecule has 0 saturated carbocycles. The SMILES string of the molecule is O=C(NS(=O)(=O)c1ccc(NC(CCN2CCN(CC(O)CF)CC2)CSc2ccccc2)c(C(F)(F)F)c1)c1ccc(N2CCC(C(O)c3ccccc3-c3ccc(Cl)cc3)CC2)cc1.O=CO. The highest BCUT2D eigenvalue weighted by atomic mass is 35.5. The van der Waals surface area contributed by atoms with Gasteiger partial charge >= 0.3 is 6.18 Å². The number of hydrogen-bond acceptors (Lipinski definition) is 11. The van der Waals surface area contributed by atoms with Gasteiger partial charge in [0, 0.05) is 91.0 Å². The number of anilines is 2. The molecule has 3 unspecified atom stereocenters. The van der Waals surface area contributed by atoms with E-state index in [0.717, 1.165) is 39.4 Å². The monoisotopic (exact) mass is 1010 g/mol. The number of thioether (sulfide) groups is 1. The Morgan fingerprint density at radius 3 is 2.10 bits per heavy atom. The molecule has 0 aliphatic carbocycles. The maximum atomic E-state index is 14.7. The van der Waals surface area contributed by atoms with E-state index in [1.165, 1.54) is 23.9 Å². The van der Waals surface area contributed by atoms with Gasteiger partial charge < -0.3 is 30.4 Å². The molecule has 3 atom stereocenters. The summed E-state index contributed by atoms with van der Waals surface area (Å²) in [5.74, 6) is -0.569. The summed E-state index contributed by atoms with van der Waals surface area (Å²) in [7, 11) is -4.73. The van der Waals surface area contributed by atoms with Gasteiger partial charge in [0.15, 0.2) is 0 Å². The lowest BCUT2D eigenvalue weighted by molar-refractivity contribution is -0.137. The second-order valence-corrected chi connectivity index (χ2v) is 20.1. The number of alkyl halides is 4. The zero-order chi connectivity index (χ0) is 49.6. The van der Waals surface area contributed by atoms with E-state index < -0.39 is 57.5 Å². The molecule has 2 fully saturated rings. The van der Waals surface area contributed by atoms with E-state index in [1.807, 2.05) is 88.5 Å². The highest BCUT2D eigenvalue weighted by Gasteiger charge is 2.36. The van der Waals surface area contributed by atoms with Crippen LogP contribution in [-0.4, -0.2) is 123 Å². The van der Waals surface area contributed by atoms with Gasteiger partial charge in [0.1, 0.15) is 6.67 Å². The number of aliphatic hydroxyl groups is 2. The average molecular weight is 1010 g/mol. The number of benzene rings is 5. The predicted molar refractivity (Wildman–Crippen MR) is 262 cm³/mol. The van der Waals surface area contributed by atoms with E-state index in [9.17, 15) is 41.0 Å². The van der Waals surface area contributed by atoms with Crippen LogP contribution < -0.4 is 14.9 Å². The fourth-order valence-corrected chi connectivity index (χ4v) is 10.6. The van der Waals surface area contributed by atoms with Crippen molar-refractivity contribution in [1.29, 1.82) is 0 Å². The topological polar surface area (TPSA) is 163 Å². The molecule has 19 heteroatoms. The van der Waals surface area contributed by atoms with Crippen molar-refractivity contribution in [2.24, 2.45) is 5.92 Å². The average Bonchev–Trinajstić information content (AvgIpc) is 3.35. The molecule has 370 valence electrons. The van der Waals surface area contributed by atoms with Crippen molar-refractivity contribution in [3.63, 3.8) is 0 Å². The van der Waals surface area contributed by atoms with E-state index >= 15 is 0 Å². The Labute approximate surface area is 409 Å². The molecule has 1 amide bonds. The van der Waals surface area contributed by atoms with E-state index in [0.29, 0.717) is 81.9 Å². The van der Waals surface area contributed by atoms with Crippen molar-refractivity contribution >= 4 is 57.1 Å². The predicted octanol–water partition coefficient (Wildman–Crippen LogP) is 8.71. The van der Waals surface area contributed by atoms with Gasteiger partial charge in [-0.05, 0) is 109 Å². The van der Waals surface area contributed by atoms with E-state index in [2.05, 4.69) is 15.1 Å². The van der Waals surface area contributed by atoms with Crippen molar-refractivity contribution in [3.8, 4) is 11.1 Å². The van der Waals surface area contributed by atoms with Crippen LogP contribution in [0.2, 0.25) is 5.02 Å². The first-order valence-electron chi connectivity index (χ1n) is 22.5. The van der Waals surface area contributed by atoms with Crippen LogP contribution in [0.15, 0.2) is 131 Å². The fourth-order valence-electron chi connectivity index (χ4n) is 8.50. The van der Waals surface area contributed by atoms with Crippen LogP contribution in [0, 0.1) is 5.92 Å². The molecular weight excluding hydrogens is 958 g/mol. The molecule has 5 N–H and O–H groups in total. The third-order valence-electron chi connectivity index (χ3n) is 12.2. The van der Waals surface area contributed by atoms with Gasteiger partial charge in [-0.15, -0.1) is 11.8 Å². The summed E-state index contributed by atoms with van der Waals surface area (Å²) >= 11 is 7.59. The first kappa shape index (κ1) is 53.1. The normalized spacial score (nSPS) is 16.4. The van der Waals surface area contributed by atoms with Crippen LogP contribution in [0.5, 0.6) is 0 Å². The van der Waals surface area contributed by atoms with Crippen molar-refractivity contribution in [2.75, 3.05) is 75.0 Å². The molecule has 0 aromatic heterocycles. The number of carboxylic acid groups (broad SMARTS) is 1. The number of carbonyl (C=O) groups excluding carboxylic acids is 1. The van der Waals surface area contributed by atoms with Crippen LogP contribution in [0.3, 0.4) is 0 Å². The number of nitrogens with one attached hydrogen (secondary N) is 2. The lowest BCUT2D eigenvalue weighted by Crippen LogP contribution is -2.49. The third kappa shape index (κ3) is 15.1. The Morgan fingerprint density at radius 1 is 0.841 bits per heavy atom. The number of β-amino-alcohol motifs (C(OH)–C–C–N with tert-alkyl or cyclic N) is 1. The Balaban J connectivity index is 0.00000254. The standard InChI is InChI=1S/C49H54ClF4N5O5S2.CH2O2/c50-37-14-10-34(11-15-37)43-8-4-5-9-44(43)47(61)35-20-24-59(25-21-35)39-16-12-36(13-17-39)48(62)56-66(63,64)42-18-19-46(45(30-42)49(52,53)54)55-38(33-65-41-6-2-1-3-7-41)22-23-57-26-28-58(29-27-57)32-40(60)31-51;2-1-3/h1-19,30,35,38,40,47,55,60-61H,20-29,31-33H2,(H,56,62);1H,(H,2,3). The molecule has 7 rings (SSSR count). The summed E-state index contributed by atoms with van der Waals surface area (Å²) < 4.78 is 85.8. The summed E-state index contributed by atoms with van der Waals surface area (Å²) in [6, 6.07) is 33.3. The zero-order valence-electron chi connectivity index (χ0n) is 37.6. The summed E-state index contributed by atoms with van der Waals surface area (Å²) in [6.45, 7) is 3.57. The Kier molecular flexibility index (Phi) is 19.3. The summed E-state index contributed by atoms with van der Waals surface area (Å²) in [6.07, 6.45) is -4.78. The van der Waals surface area contributed by atoms with Gasteiger partial charge in [0.2, 0.25) is 0 Å². The number of piperidine rings is 1. The number of piperazine rings is 1. The largest absolute Gasteiger partial charge is 0.483 e. The van der Waals surface area contributed by atoms with Gasteiger partial charge in [-0.25, -0.2) is 17.5 Å².